The van der Waals surface area contributed by atoms with Gasteiger partial charge in [-0.2, -0.15) is 0 Å². The van der Waals surface area contributed by atoms with Crippen molar-refractivity contribution in [3.63, 3.8) is 0 Å². The molecule has 13 heavy (non-hydrogen) atoms. The van der Waals surface area contributed by atoms with Crippen molar-refractivity contribution in [2.75, 3.05) is 6.54 Å². The molecule has 1 atom stereocenters. The average Bonchev–Trinajstić information content (AvgIpc) is 2.56. The largest absolute Gasteiger partial charge is 0.465 e. The van der Waals surface area contributed by atoms with Gasteiger partial charge in [-0.15, -0.1) is 0 Å². The van der Waals surface area contributed by atoms with Crippen molar-refractivity contribution in [3.05, 3.63) is 29.7 Å². The first-order chi connectivity index (χ1) is 6.22. The van der Waals surface area contributed by atoms with Crippen LogP contribution in [0, 0.1) is 0 Å². The molecular weight excluding hydrogens is 166 g/mol. The van der Waals surface area contributed by atoms with E-state index in [0.29, 0.717) is 13.0 Å². The van der Waals surface area contributed by atoms with E-state index >= 15 is 0 Å². The van der Waals surface area contributed by atoms with Gasteiger partial charge in [0.25, 0.3) is 0 Å². The minimum Gasteiger partial charge on any atom is -0.465 e. The highest BCUT2D eigenvalue weighted by atomic mass is 16.3. The molecule has 1 aromatic heterocycles. The molecule has 0 aliphatic heterocycles. The molecule has 0 aromatic carbocycles. The molecule has 1 unspecified atom stereocenters. The number of furan rings is 1. The maximum Gasteiger partial charge on any atom is 0.126 e. The Bertz CT molecular complexity index is 264. The topological polar surface area (TPSA) is 59.4 Å². The summed E-state index contributed by atoms with van der Waals surface area (Å²) in [6.45, 7) is 2.24. The number of nitrogens with two attached hydrogens (primary N) is 1. The van der Waals surface area contributed by atoms with Crippen LogP contribution in [-0.4, -0.2) is 17.8 Å². The fourth-order valence-corrected chi connectivity index (χ4v) is 1.13. The summed E-state index contributed by atoms with van der Waals surface area (Å²) in [6.07, 6.45) is 3.67. The van der Waals surface area contributed by atoms with E-state index in [9.17, 15) is 5.11 Å². The lowest BCUT2D eigenvalue weighted by molar-refractivity contribution is 0.183. The summed E-state index contributed by atoms with van der Waals surface area (Å²) in [5.41, 5.74) is 6.36. The van der Waals surface area contributed by atoms with E-state index in [0.717, 1.165) is 11.3 Å². The molecule has 3 nitrogen and oxygen atoms in total. The summed E-state index contributed by atoms with van der Waals surface area (Å²) >= 11 is 0. The van der Waals surface area contributed by atoms with Gasteiger partial charge in [-0.1, -0.05) is 5.57 Å². The summed E-state index contributed by atoms with van der Waals surface area (Å²) in [7, 11) is 0. The van der Waals surface area contributed by atoms with Gasteiger partial charge in [0.05, 0.1) is 12.4 Å². The highest BCUT2D eigenvalue weighted by Gasteiger charge is 2.02. The Morgan fingerprint density at radius 2 is 2.54 bits per heavy atom. The zero-order valence-electron chi connectivity index (χ0n) is 7.73. The predicted molar refractivity (Wildman–Crippen MR) is 52.0 cm³/mol. The van der Waals surface area contributed by atoms with Crippen LogP contribution < -0.4 is 5.73 Å². The van der Waals surface area contributed by atoms with E-state index in [1.54, 1.807) is 6.26 Å². The van der Waals surface area contributed by atoms with Crippen LogP contribution in [0.2, 0.25) is 0 Å². The maximum absolute atomic E-state index is 9.26. The Hall–Kier alpha value is -1.06. The van der Waals surface area contributed by atoms with Crippen LogP contribution in [0.3, 0.4) is 0 Å². The lowest BCUT2D eigenvalue weighted by atomic mass is 10.1. The van der Waals surface area contributed by atoms with Crippen LogP contribution in [0.5, 0.6) is 0 Å². The van der Waals surface area contributed by atoms with Crippen molar-refractivity contribution < 1.29 is 9.52 Å². The molecule has 3 N–H and O–H groups in total. The van der Waals surface area contributed by atoms with Crippen LogP contribution in [0.4, 0.5) is 0 Å². The van der Waals surface area contributed by atoms with Crippen LogP contribution >= 0.6 is 0 Å². The Labute approximate surface area is 77.9 Å². The molecule has 0 bridgehead atoms. The van der Waals surface area contributed by atoms with E-state index < -0.39 is 6.10 Å². The van der Waals surface area contributed by atoms with Crippen molar-refractivity contribution in [2.24, 2.45) is 5.73 Å². The average molecular weight is 181 g/mol. The minimum absolute atomic E-state index is 0.295. The molecule has 1 rings (SSSR count). The number of hydrogen-bond acceptors (Lipinski definition) is 3. The van der Waals surface area contributed by atoms with Gasteiger partial charge in [-0.05, 0) is 31.6 Å². The number of aliphatic hydroxyl groups excluding tert-OH is 1. The van der Waals surface area contributed by atoms with Gasteiger partial charge in [0.15, 0.2) is 0 Å². The molecule has 0 aliphatic rings. The summed E-state index contributed by atoms with van der Waals surface area (Å²) in [4.78, 5) is 0. The van der Waals surface area contributed by atoms with E-state index in [1.807, 2.05) is 25.1 Å². The van der Waals surface area contributed by atoms with E-state index in [1.165, 1.54) is 0 Å². The van der Waals surface area contributed by atoms with Crippen molar-refractivity contribution in [2.45, 2.75) is 19.4 Å². The molecule has 0 saturated carbocycles. The molecular formula is C10H15NO2. The second-order valence-corrected chi connectivity index (χ2v) is 3.10. The Kier molecular flexibility index (Phi) is 3.73. The highest BCUT2D eigenvalue weighted by molar-refractivity contribution is 5.46. The van der Waals surface area contributed by atoms with E-state index in [2.05, 4.69) is 0 Å². The molecule has 0 fully saturated rings. The van der Waals surface area contributed by atoms with Gasteiger partial charge in [0.1, 0.15) is 5.76 Å². The highest BCUT2D eigenvalue weighted by Crippen LogP contribution is 2.11. The monoisotopic (exact) mass is 181 g/mol. The standard InChI is InChI=1S/C10H15NO2/c1-8(5-9(12)7-11)6-10-3-2-4-13-10/h2-4,6,9,12H,5,7,11H2,1H3/b8-6+. The second kappa shape index (κ2) is 4.84. The summed E-state index contributed by atoms with van der Waals surface area (Å²) < 4.78 is 5.13. The maximum atomic E-state index is 9.26. The summed E-state index contributed by atoms with van der Waals surface area (Å²) in [6, 6.07) is 3.71. The molecule has 0 aliphatic carbocycles. The van der Waals surface area contributed by atoms with Gasteiger partial charge in [-0.25, -0.2) is 0 Å². The van der Waals surface area contributed by atoms with E-state index in [4.69, 9.17) is 10.2 Å². The van der Waals surface area contributed by atoms with Crippen LogP contribution in [0.1, 0.15) is 19.1 Å². The lowest BCUT2D eigenvalue weighted by Crippen LogP contribution is -2.19. The molecule has 0 saturated heterocycles. The number of hydrogen-bond donors (Lipinski definition) is 2. The molecule has 1 heterocycles. The quantitative estimate of drug-likeness (QED) is 0.738. The molecule has 3 heteroatoms. The first-order valence-electron chi connectivity index (χ1n) is 4.31. The Morgan fingerprint density at radius 3 is 3.08 bits per heavy atom. The van der Waals surface area contributed by atoms with Crippen LogP contribution in [-0.2, 0) is 0 Å². The van der Waals surface area contributed by atoms with Gasteiger partial charge >= 0.3 is 0 Å². The summed E-state index contributed by atoms with van der Waals surface area (Å²) in [5, 5.41) is 9.26. The van der Waals surface area contributed by atoms with Gasteiger partial charge in [0, 0.05) is 6.54 Å². The molecule has 72 valence electrons. The molecule has 0 radical (unpaired) electrons. The minimum atomic E-state index is -0.453. The smallest absolute Gasteiger partial charge is 0.126 e. The molecule has 0 spiro atoms. The third-order valence-electron chi connectivity index (χ3n) is 1.76. The van der Waals surface area contributed by atoms with Gasteiger partial charge in [0.2, 0.25) is 0 Å². The Balaban J connectivity index is 2.52. The van der Waals surface area contributed by atoms with E-state index in [-0.39, 0.29) is 0 Å². The lowest BCUT2D eigenvalue weighted by Gasteiger charge is -2.06. The second-order valence-electron chi connectivity index (χ2n) is 3.10. The van der Waals surface area contributed by atoms with Crippen LogP contribution in [0.25, 0.3) is 6.08 Å². The van der Waals surface area contributed by atoms with Crippen molar-refractivity contribution in [3.8, 4) is 0 Å². The third kappa shape index (κ3) is 3.44. The first-order valence-corrected chi connectivity index (χ1v) is 4.31. The molecule has 0 amide bonds. The Morgan fingerprint density at radius 1 is 1.77 bits per heavy atom. The third-order valence-corrected chi connectivity index (χ3v) is 1.76. The SMILES string of the molecule is C/C(=C\c1ccco1)CC(O)CN. The van der Waals surface area contributed by atoms with Crippen LogP contribution in [0.15, 0.2) is 28.4 Å². The normalized spacial score (nSPS) is 14.5. The van der Waals surface area contributed by atoms with Crippen molar-refractivity contribution in [1.29, 1.82) is 0 Å². The molecule has 1 aromatic rings. The predicted octanol–water partition coefficient (Wildman–Crippen LogP) is 1.39. The van der Waals surface area contributed by atoms with Gasteiger partial charge < -0.3 is 15.3 Å². The fraction of sp³-hybridized carbons (Fsp3) is 0.400. The van der Waals surface area contributed by atoms with Gasteiger partial charge in [-0.3, -0.25) is 0 Å². The zero-order chi connectivity index (χ0) is 9.68. The summed E-state index contributed by atoms with van der Waals surface area (Å²) in [5.74, 6) is 0.807. The first kappa shape index (κ1) is 10.0. The van der Waals surface area contributed by atoms with Crippen molar-refractivity contribution in [1.82, 2.24) is 0 Å². The fourth-order valence-electron chi connectivity index (χ4n) is 1.13. The number of rotatable bonds is 4. The van der Waals surface area contributed by atoms with Crippen molar-refractivity contribution >= 4 is 6.08 Å². The zero-order valence-corrected chi connectivity index (χ0v) is 7.73. The number of aliphatic hydroxyl groups is 1.